The van der Waals surface area contributed by atoms with Gasteiger partial charge in [0.2, 0.25) is 0 Å². The van der Waals surface area contributed by atoms with Gasteiger partial charge in [-0.25, -0.2) is 8.42 Å². The molecule has 0 atom stereocenters. The fourth-order valence-corrected chi connectivity index (χ4v) is 4.15. The van der Waals surface area contributed by atoms with Gasteiger partial charge < -0.3 is 9.64 Å². The Balaban J connectivity index is 1.78. The number of pyridine rings is 1. The molecule has 0 N–H and O–H groups in total. The number of nitrogens with zero attached hydrogens (tertiary/aromatic N) is 2. The lowest BCUT2D eigenvalue weighted by Gasteiger charge is -2.38. The summed E-state index contributed by atoms with van der Waals surface area (Å²) >= 11 is 0. The highest BCUT2D eigenvalue weighted by Crippen LogP contribution is 2.19. The largest absolute Gasteiger partial charge is 0.482 e. The molecule has 1 saturated heterocycles. The zero-order valence-corrected chi connectivity index (χ0v) is 13.0. The van der Waals surface area contributed by atoms with E-state index in [0.29, 0.717) is 5.75 Å². The minimum Gasteiger partial charge on any atom is -0.482 e. The summed E-state index contributed by atoms with van der Waals surface area (Å²) in [7, 11) is -3.10. The minimum absolute atomic E-state index is 0.0946. The van der Waals surface area contributed by atoms with Crippen LogP contribution < -0.4 is 4.74 Å². The average molecular weight is 312 g/mol. The van der Waals surface area contributed by atoms with Gasteiger partial charge in [0, 0.05) is 19.3 Å². The Morgan fingerprint density at radius 2 is 2.19 bits per heavy atom. The quantitative estimate of drug-likeness (QED) is 0.774. The fourth-order valence-electron chi connectivity index (χ4n) is 2.14. The minimum atomic E-state index is -3.10. The van der Waals surface area contributed by atoms with Gasteiger partial charge in [0.15, 0.2) is 16.4 Å². The van der Waals surface area contributed by atoms with E-state index in [4.69, 9.17) is 4.74 Å². The van der Waals surface area contributed by atoms with Gasteiger partial charge in [-0.1, -0.05) is 13.8 Å². The first-order valence-electron chi connectivity index (χ1n) is 6.90. The summed E-state index contributed by atoms with van der Waals surface area (Å²) in [5, 5.41) is -0.428. The Morgan fingerprint density at radius 1 is 1.48 bits per heavy atom. The normalized spacial score (nSPS) is 15.9. The second-order valence-corrected chi connectivity index (χ2v) is 7.95. The van der Waals surface area contributed by atoms with Crippen molar-refractivity contribution in [2.24, 2.45) is 5.92 Å². The summed E-state index contributed by atoms with van der Waals surface area (Å²) in [5.74, 6) is 0.602. The van der Waals surface area contributed by atoms with Crippen LogP contribution in [0, 0.1) is 5.92 Å². The highest BCUT2D eigenvalue weighted by Gasteiger charge is 2.39. The Hall–Kier alpha value is -1.63. The molecule has 2 heterocycles. The van der Waals surface area contributed by atoms with E-state index in [1.54, 1.807) is 18.3 Å². The van der Waals surface area contributed by atoms with E-state index in [0.717, 1.165) is 0 Å². The van der Waals surface area contributed by atoms with Crippen LogP contribution in [0.5, 0.6) is 5.75 Å². The molecule has 116 valence electrons. The van der Waals surface area contributed by atoms with Gasteiger partial charge in [-0.3, -0.25) is 9.78 Å². The fraction of sp³-hybridized carbons (Fsp3) is 0.571. The number of hydrogen-bond donors (Lipinski definition) is 0. The zero-order valence-electron chi connectivity index (χ0n) is 12.2. The van der Waals surface area contributed by atoms with E-state index in [2.05, 4.69) is 4.98 Å². The molecule has 0 aromatic carbocycles. The number of aromatic nitrogens is 1. The van der Waals surface area contributed by atoms with Crippen molar-refractivity contribution < 1.29 is 17.9 Å². The molecular weight excluding hydrogens is 292 g/mol. The standard InChI is InChI=1S/C14H20N2O4S/c1-11(2)10-21(18,19)13-7-16(8-13)14(17)9-20-12-4-3-5-15-6-12/h3-6,11,13H,7-10H2,1-2H3. The average Bonchev–Trinajstić information content (AvgIpc) is 2.33. The third-order valence-electron chi connectivity index (χ3n) is 3.27. The first kappa shape index (κ1) is 15.8. The number of amides is 1. The van der Waals surface area contributed by atoms with Gasteiger partial charge >= 0.3 is 0 Å². The predicted octanol–water partition coefficient (Wildman–Crippen LogP) is 0.742. The van der Waals surface area contributed by atoms with E-state index in [-0.39, 0.29) is 37.3 Å². The Morgan fingerprint density at radius 3 is 2.76 bits per heavy atom. The van der Waals surface area contributed by atoms with Crippen molar-refractivity contribution in [2.75, 3.05) is 25.4 Å². The molecule has 1 aromatic rings. The topological polar surface area (TPSA) is 76.6 Å². The van der Waals surface area contributed by atoms with Gasteiger partial charge in [-0.2, -0.15) is 0 Å². The van der Waals surface area contributed by atoms with Crippen molar-refractivity contribution in [3.8, 4) is 5.75 Å². The maximum absolute atomic E-state index is 12.0. The molecule has 1 amide bonds. The van der Waals surface area contributed by atoms with Crippen molar-refractivity contribution >= 4 is 15.7 Å². The smallest absolute Gasteiger partial charge is 0.260 e. The van der Waals surface area contributed by atoms with Crippen LogP contribution in [0.25, 0.3) is 0 Å². The number of sulfone groups is 1. The highest BCUT2D eigenvalue weighted by molar-refractivity contribution is 7.92. The Labute approximate surface area is 125 Å². The molecule has 0 saturated carbocycles. The van der Waals surface area contributed by atoms with Crippen LogP contribution in [0.3, 0.4) is 0 Å². The van der Waals surface area contributed by atoms with Crippen molar-refractivity contribution in [1.82, 2.24) is 9.88 Å². The maximum Gasteiger partial charge on any atom is 0.260 e. The van der Waals surface area contributed by atoms with Gasteiger partial charge in [0.1, 0.15) is 5.75 Å². The third-order valence-corrected chi connectivity index (χ3v) is 5.72. The SMILES string of the molecule is CC(C)CS(=O)(=O)C1CN(C(=O)COc2cccnc2)C1. The van der Waals surface area contributed by atoms with Crippen molar-refractivity contribution in [3.63, 3.8) is 0 Å². The van der Waals surface area contributed by atoms with Crippen LogP contribution in [0.2, 0.25) is 0 Å². The molecule has 2 rings (SSSR count). The first-order chi connectivity index (χ1) is 9.88. The molecule has 7 heteroatoms. The second-order valence-electron chi connectivity index (χ2n) is 5.62. The highest BCUT2D eigenvalue weighted by atomic mass is 32.2. The van der Waals surface area contributed by atoms with Gasteiger partial charge in [0.05, 0.1) is 17.2 Å². The van der Waals surface area contributed by atoms with Crippen LogP contribution in [-0.4, -0.2) is 54.9 Å². The molecule has 6 nitrogen and oxygen atoms in total. The van der Waals surface area contributed by atoms with Crippen LogP contribution >= 0.6 is 0 Å². The Bertz CT molecular complexity index is 580. The maximum atomic E-state index is 12.0. The van der Waals surface area contributed by atoms with Gasteiger partial charge in [-0.05, 0) is 18.1 Å². The second kappa shape index (κ2) is 6.43. The summed E-state index contributed by atoms with van der Waals surface area (Å²) in [6.45, 7) is 4.19. The molecule has 0 spiro atoms. The summed E-state index contributed by atoms with van der Waals surface area (Å²) in [6.07, 6.45) is 3.15. The number of likely N-dealkylation sites (tertiary alicyclic amines) is 1. The molecule has 1 aromatic heterocycles. The summed E-state index contributed by atoms with van der Waals surface area (Å²) < 4.78 is 29.3. The first-order valence-corrected chi connectivity index (χ1v) is 8.62. The molecule has 0 unspecified atom stereocenters. The number of carbonyl (C=O) groups excluding carboxylic acids is 1. The van der Waals surface area contributed by atoms with Crippen LogP contribution in [-0.2, 0) is 14.6 Å². The zero-order chi connectivity index (χ0) is 15.5. The van der Waals surface area contributed by atoms with Gasteiger partial charge in [0.25, 0.3) is 5.91 Å². The molecule has 1 fully saturated rings. The van der Waals surface area contributed by atoms with Crippen molar-refractivity contribution in [2.45, 2.75) is 19.1 Å². The molecule has 1 aliphatic rings. The van der Waals surface area contributed by atoms with E-state index in [9.17, 15) is 13.2 Å². The number of ether oxygens (including phenoxy) is 1. The Kier molecular flexibility index (Phi) is 4.82. The summed E-state index contributed by atoms with van der Waals surface area (Å²) in [5.41, 5.74) is 0. The monoisotopic (exact) mass is 312 g/mol. The lowest BCUT2D eigenvalue weighted by molar-refractivity contribution is -0.136. The number of hydrogen-bond acceptors (Lipinski definition) is 5. The van der Waals surface area contributed by atoms with Crippen molar-refractivity contribution in [1.29, 1.82) is 0 Å². The van der Waals surface area contributed by atoms with Crippen LogP contribution in [0.1, 0.15) is 13.8 Å². The number of rotatable bonds is 6. The van der Waals surface area contributed by atoms with E-state index in [1.165, 1.54) is 11.1 Å². The van der Waals surface area contributed by atoms with E-state index >= 15 is 0 Å². The molecule has 0 bridgehead atoms. The lowest BCUT2D eigenvalue weighted by Crippen LogP contribution is -2.58. The van der Waals surface area contributed by atoms with Crippen LogP contribution in [0.4, 0.5) is 0 Å². The van der Waals surface area contributed by atoms with E-state index < -0.39 is 15.1 Å². The molecule has 0 aliphatic carbocycles. The van der Waals surface area contributed by atoms with Crippen LogP contribution in [0.15, 0.2) is 24.5 Å². The lowest BCUT2D eigenvalue weighted by atomic mass is 10.2. The number of carbonyl (C=O) groups is 1. The predicted molar refractivity (Wildman–Crippen MR) is 78.7 cm³/mol. The molecule has 1 aliphatic heterocycles. The summed E-state index contributed by atoms with van der Waals surface area (Å²) in [6, 6.07) is 3.43. The molecule has 21 heavy (non-hydrogen) atoms. The van der Waals surface area contributed by atoms with Gasteiger partial charge in [-0.15, -0.1) is 0 Å². The van der Waals surface area contributed by atoms with E-state index in [1.807, 2.05) is 13.8 Å². The summed E-state index contributed by atoms with van der Waals surface area (Å²) in [4.78, 5) is 17.3. The molecule has 0 radical (unpaired) electrons. The third kappa shape index (κ3) is 4.17. The van der Waals surface area contributed by atoms with Crippen molar-refractivity contribution in [3.05, 3.63) is 24.5 Å². The molecular formula is C14H20N2O4S.